The number of nitrogens with zero attached hydrogens (tertiary/aromatic N) is 1. The average molecular weight is 190 g/mol. The Hall–Kier alpha value is -1.35. The van der Waals surface area contributed by atoms with Crippen LogP contribution in [0.15, 0.2) is 24.3 Å². The maximum Gasteiger partial charge on any atom is 0.240 e. The van der Waals surface area contributed by atoms with Crippen LogP contribution in [-0.2, 0) is 4.79 Å². The van der Waals surface area contributed by atoms with Crippen molar-refractivity contribution in [2.45, 2.75) is 12.8 Å². The molecule has 1 aliphatic rings. The van der Waals surface area contributed by atoms with Gasteiger partial charge in [-0.3, -0.25) is 4.79 Å². The Bertz CT molecular complexity index is 362. The van der Waals surface area contributed by atoms with Gasteiger partial charge in [0.05, 0.1) is 6.54 Å². The van der Waals surface area contributed by atoms with Crippen molar-refractivity contribution in [2.75, 3.05) is 18.0 Å². The van der Waals surface area contributed by atoms with Crippen molar-refractivity contribution in [3.05, 3.63) is 29.8 Å². The third-order valence-corrected chi connectivity index (χ3v) is 2.69. The van der Waals surface area contributed by atoms with Crippen molar-refractivity contribution in [2.24, 2.45) is 5.73 Å². The van der Waals surface area contributed by atoms with E-state index in [1.54, 1.807) is 4.90 Å². The highest BCUT2D eigenvalue weighted by Gasteiger charge is 2.28. The number of carbonyl (C=O) groups is 1. The number of hydrogen-bond acceptors (Lipinski definition) is 2. The molecular formula is C11H14N2O. The summed E-state index contributed by atoms with van der Waals surface area (Å²) in [4.78, 5) is 13.3. The quantitative estimate of drug-likeness (QED) is 0.720. The van der Waals surface area contributed by atoms with Crippen LogP contribution in [0.3, 0.4) is 0 Å². The summed E-state index contributed by atoms with van der Waals surface area (Å²) in [5.74, 6) is 0.420. The number of benzene rings is 1. The molecule has 74 valence electrons. The van der Waals surface area contributed by atoms with E-state index in [4.69, 9.17) is 5.73 Å². The van der Waals surface area contributed by atoms with Gasteiger partial charge in [0.2, 0.25) is 5.91 Å². The van der Waals surface area contributed by atoms with E-state index in [2.05, 4.69) is 13.0 Å². The Morgan fingerprint density at radius 3 is 3.00 bits per heavy atom. The largest absolute Gasteiger partial charge is 0.322 e. The van der Waals surface area contributed by atoms with E-state index in [9.17, 15) is 4.79 Å². The number of amides is 1. The summed E-state index contributed by atoms with van der Waals surface area (Å²) < 4.78 is 0. The second-order valence-corrected chi connectivity index (χ2v) is 3.67. The molecule has 0 saturated carbocycles. The highest BCUT2D eigenvalue weighted by molar-refractivity contribution is 5.97. The number of nitrogens with two attached hydrogens (primary N) is 1. The molecule has 1 aromatic rings. The number of anilines is 1. The molecule has 0 aromatic heterocycles. The van der Waals surface area contributed by atoms with Gasteiger partial charge in [-0.1, -0.05) is 25.1 Å². The molecule has 1 amide bonds. The van der Waals surface area contributed by atoms with Gasteiger partial charge in [-0.25, -0.2) is 0 Å². The predicted octanol–water partition coefficient (Wildman–Crippen LogP) is 1.10. The summed E-state index contributed by atoms with van der Waals surface area (Å²) in [6.07, 6.45) is 0. The number of para-hydroxylation sites is 1. The van der Waals surface area contributed by atoms with Crippen LogP contribution >= 0.6 is 0 Å². The van der Waals surface area contributed by atoms with Crippen LogP contribution in [-0.4, -0.2) is 19.0 Å². The molecule has 1 aromatic carbocycles. The van der Waals surface area contributed by atoms with Crippen LogP contribution in [0.5, 0.6) is 0 Å². The number of fused-ring (bicyclic) bond motifs is 1. The first-order valence-electron chi connectivity index (χ1n) is 4.83. The standard InChI is InChI=1S/C11H14N2O/c1-8-7-13(11(14)6-12)10-5-3-2-4-9(8)10/h2-5,8H,6-7,12H2,1H3. The molecule has 14 heavy (non-hydrogen) atoms. The summed E-state index contributed by atoms with van der Waals surface area (Å²) in [6, 6.07) is 8.01. The Morgan fingerprint density at radius 1 is 1.57 bits per heavy atom. The third kappa shape index (κ3) is 1.30. The zero-order valence-corrected chi connectivity index (χ0v) is 8.23. The monoisotopic (exact) mass is 190 g/mol. The molecule has 0 radical (unpaired) electrons. The molecular weight excluding hydrogens is 176 g/mol. The van der Waals surface area contributed by atoms with Gasteiger partial charge in [0.25, 0.3) is 0 Å². The SMILES string of the molecule is CC1CN(C(=O)CN)c2ccccc21. The molecule has 1 heterocycles. The van der Waals surface area contributed by atoms with Crippen LogP contribution in [0, 0.1) is 0 Å². The maximum atomic E-state index is 11.5. The first-order chi connectivity index (χ1) is 6.74. The highest BCUT2D eigenvalue weighted by Crippen LogP contribution is 2.35. The van der Waals surface area contributed by atoms with E-state index in [0.29, 0.717) is 5.92 Å². The van der Waals surface area contributed by atoms with Gasteiger partial charge in [0.1, 0.15) is 0 Å². The van der Waals surface area contributed by atoms with Gasteiger partial charge < -0.3 is 10.6 Å². The van der Waals surface area contributed by atoms with Gasteiger partial charge in [0.15, 0.2) is 0 Å². The van der Waals surface area contributed by atoms with Crippen LogP contribution in [0.1, 0.15) is 18.4 Å². The van der Waals surface area contributed by atoms with Crippen LogP contribution in [0.4, 0.5) is 5.69 Å². The smallest absolute Gasteiger partial charge is 0.240 e. The molecule has 0 spiro atoms. The van der Waals surface area contributed by atoms with Crippen molar-refractivity contribution in [3.8, 4) is 0 Å². The molecule has 3 heteroatoms. The Morgan fingerprint density at radius 2 is 2.29 bits per heavy atom. The van der Waals surface area contributed by atoms with E-state index < -0.39 is 0 Å². The third-order valence-electron chi connectivity index (χ3n) is 2.69. The first kappa shape index (κ1) is 9.21. The lowest BCUT2D eigenvalue weighted by atomic mass is 10.0. The van der Waals surface area contributed by atoms with E-state index in [1.807, 2.05) is 18.2 Å². The van der Waals surface area contributed by atoms with Crippen molar-refractivity contribution in [3.63, 3.8) is 0 Å². The van der Waals surface area contributed by atoms with Gasteiger partial charge in [-0.2, -0.15) is 0 Å². The van der Waals surface area contributed by atoms with E-state index >= 15 is 0 Å². The van der Waals surface area contributed by atoms with Crippen LogP contribution < -0.4 is 10.6 Å². The van der Waals surface area contributed by atoms with Crippen molar-refractivity contribution >= 4 is 11.6 Å². The Kier molecular flexibility index (Phi) is 2.25. The summed E-state index contributed by atoms with van der Waals surface area (Å²) in [5.41, 5.74) is 7.63. The number of rotatable bonds is 1. The Labute approximate surface area is 83.5 Å². The molecule has 2 rings (SSSR count). The van der Waals surface area contributed by atoms with E-state index in [-0.39, 0.29) is 12.5 Å². The summed E-state index contributed by atoms with van der Waals surface area (Å²) in [7, 11) is 0. The van der Waals surface area contributed by atoms with Crippen molar-refractivity contribution < 1.29 is 4.79 Å². The van der Waals surface area contributed by atoms with Gasteiger partial charge >= 0.3 is 0 Å². The number of hydrogen-bond donors (Lipinski definition) is 1. The van der Waals surface area contributed by atoms with Crippen molar-refractivity contribution in [1.82, 2.24) is 0 Å². The Balaban J connectivity index is 2.39. The minimum absolute atomic E-state index is 0.00167. The normalized spacial score (nSPS) is 19.6. The van der Waals surface area contributed by atoms with Crippen LogP contribution in [0.25, 0.3) is 0 Å². The van der Waals surface area contributed by atoms with Gasteiger partial charge in [-0.15, -0.1) is 0 Å². The average Bonchev–Trinajstić information content (AvgIpc) is 2.56. The maximum absolute atomic E-state index is 11.5. The lowest BCUT2D eigenvalue weighted by Crippen LogP contribution is -2.34. The topological polar surface area (TPSA) is 46.3 Å². The molecule has 3 nitrogen and oxygen atoms in total. The summed E-state index contributed by atoms with van der Waals surface area (Å²) in [6.45, 7) is 2.97. The molecule has 1 atom stereocenters. The van der Waals surface area contributed by atoms with E-state index in [1.165, 1.54) is 5.56 Å². The summed E-state index contributed by atoms with van der Waals surface area (Å²) >= 11 is 0. The molecule has 0 fully saturated rings. The fraction of sp³-hybridized carbons (Fsp3) is 0.364. The molecule has 0 aliphatic carbocycles. The zero-order chi connectivity index (χ0) is 10.1. The predicted molar refractivity (Wildman–Crippen MR) is 56.3 cm³/mol. The molecule has 1 aliphatic heterocycles. The highest BCUT2D eigenvalue weighted by atomic mass is 16.2. The molecule has 2 N–H and O–H groups in total. The van der Waals surface area contributed by atoms with Crippen LogP contribution in [0.2, 0.25) is 0 Å². The first-order valence-corrected chi connectivity index (χ1v) is 4.83. The van der Waals surface area contributed by atoms with Gasteiger partial charge in [-0.05, 0) is 11.6 Å². The molecule has 0 bridgehead atoms. The second kappa shape index (κ2) is 3.42. The van der Waals surface area contributed by atoms with Gasteiger partial charge in [0, 0.05) is 18.2 Å². The minimum atomic E-state index is 0.00167. The summed E-state index contributed by atoms with van der Waals surface area (Å²) in [5, 5.41) is 0. The van der Waals surface area contributed by atoms with Crippen molar-refractivity contribution in [1.29, 1.82) is 0 Å². The lowest BCUT2D eigenvalue weighted by Gasteiger charge is -2.15. The fourth-order valence-electron chi connectivity index (χ4n) is 1.97. The minimum Gasteiger partial charge on any atom is -0.322 e. The number of carbonyl (C=O) groups excluding carboxylic acids is 1. The zero-order valence-electron chi connectivity index (χ0n) is 8.23. The second-order valence-electron chi connectivity index (χ2n) is 3.67. The van der Waals surface area contributed by atoms with E-state index in [0.717, 1.165) is 12.2 Å². The molecule has 1 unspecified atom stereocenters. The molecule has 0 saturated heterocycles. The lowest BCUT2D eigenvalue weighted by molar-refractivity contribution is -0.117. The fourth-order valence-corrected chi connectivity index (χ4v) is 1.97.